The van der Waals surface area contributed by atoms with E-state index in [1.54, 1.807) is 6.92 Å². The summed E-state index contributed by atoms with van der Waals surface area (Å²) in [6, 6.07) is 7.57. The third-order valence-corrected chi connectivity index (χ3v) is 4.84. The molecule has 0 saturated carbocycles. The van der Waals surface area contributed by atoms with Gasteiger partial charge in [-0.25, -0.2) is 14.8 Å². The molecule has 1 unspecified atom stereocenters. The molecule has 3 N–H and O–H groups in total. The average Bonchev–Trinajstić information content (AvgIpc) is 2.61. The summed E-state index contributed by atoms with van der Waals surface area (Å²) in [5, 5.41) is 2.87. The number of esters is 1. The number of anilines is 2. The van der Waals surface area contributed by atoms with E-state index in [1.807, 2.05) is 38.1 Å². The monoisotopic (exact) mass is 374 g/mol. The minimum atomic E-state index is -0.564. The van der Waals surface area contributed by atoms with Crippen LogP contribution in [0.15, 0.2) is 35.6 Å². The molecule has 0 bridgehead atoms. The summed E-state index contributed by atoms with van der Waals surface area (Å²) in [6.07, 6.45) is 1.92. The molecule has 0 saturated heterocycles. The SMILES string of the molecule is CCOC(=O)c1cnc(SC(CC)C(=O)Nc2ccccc2C)nc1N. The molecule has 0 aliphatic heterocycles. The van der Waals surface area contributed by atoms with Gasteiger partial charge in [-0.3, -0.25) is 4.79 Å². The Morgan fingerprint density at radius 2 is 2.04 bits per heavy atom. The van der Waals surface area contributed by atoms with Crippen molar-refractivity contribution in [2.24, 2.45) is 0 Å². The summed E-state index contributed by atoms with van der Waals surface area (Å²) in [7, 11) is 0. The lowest BCUT2D eigenvalue weighted by molar-refractivity contribution is -0.115. The molecule has 1 heterocycles. The van der Waals surface area contributed by atoms with Crippen LogP contribution in [0.3, 0.4) is 0 Å². The van der Waals surface area contributed by atoms with Crippen LogP contribution < -0.4 is 11.1 Å². The largest absolute Gasteiger partial charge is 0.462 e. The van der Waals surface area contributed by atoms with Crippen LogP contribution >= 0.6 is 11.8 Å². The molecule has 8 heteroatoms. The van der Waals surface area contributed by atoms with E-state index in [0.717, 1.165) is 11.3 Å². The second kappa shape index (κ2) is 9.19. The highest BCUT2D eigenvalue weighted by molar-refractivity contribution is 8.00. The van der Waals surface area contributed by atoms with E-state index in [4.69, 9.17) is 10.5 Å². The summed E-state index contributed by atoms with van der Waals surface area (Å²) in [6.45, 7) is 5.79. The van der Waals surface area contributed by atoms with Gasteiger partial charge in [0.15, 0.2) is 5.16 Å². The Balaban J connectivity index is 2.09. The molecule has 0 spiro atoms. The first-order chi connectivity index (χ1) is 12.5. The summed E-state index contributed by atoms with van der Waals surface area (Å²) >= 11 is 1.20. The number of nitrogens with two attached hydrogens (primary N) is 1. The third kappa shape index (κ3) is 4.95. The number of benzene rings is 1. The van der Waals surface area contributed by atoms with Crippen LogP contribution in [0.4, 0.5) is 11.5 Å². The number of thioether (sulfide) groups is 1. The van der Waals surface area contributed by atoms with Crippen LogP contribution in [0, 0.1) is 6.92 Å². The lowest BCUT2D eigenvalue weighted by Gasteiger charge is -2.15. The van der Waals surface area contributed by atoms with Crippen molar-refractivity contribution in [1.29, 1.82) is 0 Å². The smallest absolute Gasteiger partial charge is 0.343 e. The second-order valence-corrected chi connectivity index (χ2v) is 6.66. The van der Waals surface area contributed by atoms with Gasteiger partial charge in [0.1, 0.15) is 11.4 Å². The topological polar surface area (TPSA) is 107 Å². The van der Waals surface area contributed by atoms with E-state index < -0.39 is 5.97 Å². The Bertz CT molecular complexity index is 798. The Morgan fingerprint density at radius 1 is 1.31 bits per heavy atom. The first-order valence-corrected chi connectivity index (χ1v) is 9.17. The fourth-order valence-corrected chi connectivity index (χ4v) is 3.03. The lowest BCUT2D eigenvalue weighted by atomic mass is 10.2. The molecule has 0 fully saturated rings. The molecule has 1 atom stereocenters. The minimum absolute atomic E-state index is 0.0371. The molecular weight excluding hydrogens is 352 g/mol. The number of amides is 1. The maximum absolute atomic E-state index is 12.6. The quantitative estimate of drug-likeness (QED) is 0.436. The van der Waals surface area contributed by atoms with Crippen molar-refractivity contribution in [3.63, 3.8) is 0 Å². The first-order valence-electron chi connectivity index (χ1n) is 8.29. The number of aromatic nitrogens is 2. The van der Waals surface area contributed by atoms with Crippen molar-refractivity contribution in [2.75, 3.05) is 17.7 Å². The molecule has 0 aliphatic carbocycles. The number of nitrogens with one attached hydrogen (secondary N) is 1. The number of hydrogen-bond acceptors (Lipinski definition) is 7. The molecular formula is C18H22N4O3S. The zero-order valence-corrected chi connectivity index (χ0v) is 15.8. The van der Waals surface area contributed by atoms with Crippen LogP contribution in [0.5, 0.6) is 0 Å². The maximum Gasteiger partial charge on any atom is 0.343 e. The predicted octanol–water partition coefficient (Wildman–Crippen LogP) is 3.05. The Morgan fingerprint density at radius 3 is 2.65 bits per heavy atom. The molecule has 0 radical (unpaired) electrons. The van der Waals surface area contributed by atoms with E-state index in [9.17, 15) is 9.59 Å². The van der Waals surface area contributed by atoms with Crippen LogP contribution in [0.2, 0.25) is 0 Å². The molecule has 1 amide bonds. The number of hydrogen-bond donors (Lipinski definition) is 2. The molecule has 2 rings (SSSR count). The summed E-state index contributed by atoms with van der Waals surface area (Å²) in [4.78, 5) is 32.5. The van der Waals surface area contributed by atoms with Gasteiger partial charge in [0.2, 0.25) is 5.91 Å². The Labute approximate surface area is 156 Å². The second-order valence-electron chi connectivity index (χ2n) is 5.49. The van der Waals surface area contributed by atoms with E-state index in [0.29, 0.717) is 11.6 Å². The number of nitrogens with zero attached hydrogens (tertiary/aromatic N) is 2. The predicted molar refractivity (Wildman–Crippen MR) is 102 cm³/mol. The van der Waals surface area contributed by atoms with E-state index in [2.05, 4.69) is 15.3 Å². The van der Waals surface area contributed by atoms with Crippen LogP contribution in [0.1, 0.15) is 36.2 Å². The van der Waals surface area contributed by atoms with Crippen molar-refractivity contribution in [3.8, 4) is 0 Å². The fourth-order valence-electron chi connectivity index (χ4n) is 2.18. The van der Waals surface area contributed by atoms with Crippen molar-refractivity contribution < 1.29 is 14.3 Å². The van der Waals surface area contributed by atoms with Crippen LogP contribution in [-0.4, -0.2) is 33.7 Å². The maximum atomic E-state index is 12.6. The number of carbonyl (C=O) groups is 2. The zero-order valence-electron chi connectivity index (χ0n) is 15.0. The molecule has 2 aromatic rings. The van der Waals surface area contributed by atoms with E-state index >= 15 is 0 Å². The molecule has 0 aliphatic rings. The van der Waals surface area contributed by atoms with Gasteiger partial charge in [-0.1, -0.05) is 36.9 Å². The summed E-state index contributed by atoms with van der Waals surface area (Å²) < 4.78 is 4.90. The number of para-hydroxylation sites is 1. The van der Waals surface area contributed by atoms with Crippen molar-refractivity contribution in [2.45, 2.75) is 37.6 Å². The highest BCUT2D eigenvalue weighted by atomic mass is 32.2. The molecule has 26 heavy (non-hydrogen) atoms. The zero-order chi connectivity index (χ0) is 19.1. The number of aryl methyl sites for hydroxylation is 1. The molecule has 138 valence electrons. The van der Waals surface area contributed by atoms with E-state index in [-0.39, 0.29) is 29.1 Å². The van der Waals surface area contributed by atoms with Crippen LogP contribution in [-0.2, 0) is 9.53 Å². The Kier molecular flexibility index (Phi) is 6.97. The average molecular weight is 374 g/mol. The minimum Gasteiger partial charge on any atom is -0.462 e. The van der Waals surface area contributed by atoms with Gasteiger partial charge in [-0.2, -0.15) is 0 Å². The number of nitrogen functional groups attached to an aromatic ring is 1. The number of carbonyl (C=O) groups excluding carboxylic acids is 2. The van der Waals surface area contributed by atoms with Crippen molar-refractivity contribution in [3.05, 3.63) is 41.6 Å². The van der Waals surface area contributed by atoms with Gasteiger partial charge in [0.05, 0.1) is 11.9 Å². The molecule has 7 nitrogen and oxygen atoms in total. The standard InChI is InChI=1S/C18H22N4O3S/c1-4-14(16(23)21-13-9-7-6-8-11(13)3)26-18-20-10-12(15(19)22-18)17(24)25-5-2/h6-10,14H,4-5H2,1-3H3,(H,21,23)(H2,19,20,22). The lowest BCUT2D eigenvalue weighted by Crippen LogP contribution is -2.25. The van der Waals surface area contributed by atoms with Gasteiger partial charge in [-0.15, -0.1) is 0 Å². The van der Waals surface area contributed by atoms with Gasteiger partial charge in [0.25, 0.3) is 0 Å². The van der Waals surface area contributed by atoms with Gasteiger partial charge < -0.3 is 15.8 Å². The highest BCUT2D eigenvalue weighted by Crippen LogP contribution is 2.25. The third-order valence-electron chi connectivity index (χ3n) is 3.61. The highest BCUT2D eigenvalue weighted by Gasteiger charge is 2.21. The van der Waals surface area contributed by atoms with Crippen LogP contribution in [0.25, 0.3) is 0 Å². The van der Waals surface area contributed by atoms with E-state index in [1.165, 1.54) is 18.0 Å². The van der Waals surface area contributed by atoms with Crippen molar-refractivity contribution >= 4 is 35.1 Å². The molecule has 1 aromatic heterocycles. The van der Waals surface area contributed by atoms with Gasteiger partial charge in [-0.05, 0) is 31.9 Å². The van der Waals surface area contributed by atoms with Crippen molar-refractivity contribution in [1.82, 2.24) is 9.97 Å². The summed E-state index contributed by atoms with van der Waals surface area (Å²) in [5.41, 5.74) is 7.70. The fraction of sp³-hybridized carbons (Fsp3) is 0.333. The van der Waals surface area contributed by atoms with Gasteiger partial charge in [0, 0.05) is 11.9 Å². The number of ether oxygens (including phenoxy) is 1. The molecule has 1 aromatic carbocycles. The normalized spacial score (nSPS) is 11.7. The number of rotatable bonds is 7. The Hall–Kier alpha value is -2.61. The van der Waals surface area contributed by atoms with Gasteiger partial charge >= 0.3 is 5.97 Å². The summed E-state index contributed by atoms with van der Waals surface area (Å²) in [5.74, 6) is -0.663. The first kappa shape index (κ1) is 19.7.